The van der Waals surface area contributed by atoms with Crippen LogP contribution in [0.3, 0.4) is 0 Å². The van der Waals surface area contributed by atoms with E-state index in [4.69, 9.17) is 22.1 Å². The van der Waals surface area contributed by atoms with Gasteiger partial charge in [-0.15, -0.1) is 0 Å². The molecule has 2 N–H and O–H groups in total. The summed E-state index contributed by atoms with van der Waals surface area (Å²) in [6, 6.07) is 13.1. The Balaban J connectivity index is 2.63. The summed E-state index contributed by atoms with van der Waals surface area (Å²) in [5.41, 5.74) is 8.30. The van der Waals surface area contributed by atoms with E-state index < -0.39 is 0 Å². The number of ether oxygens (including phenoxy) is 1. The fraction of sp³-hybridized carbons (Fsp3) is 0.0769. The number of methoxy groups -OCH3 is 1. The predicted octanol–water partition coefficient (Wildman–Crippen LogP) is 3.60. The first-order chi connectivity index (χ1) is 7.72. The molecule has 0 saturated carbocycles. The van der Waals surface area contributed by atoms with Crippen molar-refractivity contribution in [3.8, 4) is 16.9 Å². The van der Waals surface area contributed by atoms with Crippen LogP contribution in [-0.4, -0.2) is 7.11 Å². The summed E-state index contributed by atoms with van der Waals surface area (Å²) in [5, 5.41) is 0.657. The third-order valence-electron chi connectivity index (χ3n) is 2.37. The first-order valence-corrected chi connectivity index (χ1v) is 5.28. The molecule has 16 heavy (non-hydrogen) atoms. The van der Waals surface area contributed by atoms with Gasteiger partial charge in [0.1, 0.15) is 5.75 Å². The summed E-state index contributed by atoms with van der Waals surface area (Å²) in [4.78, 5) is 0. The highest BCUT2D eigenvalue weighted by molar-refractivity contribution is 6.33. The van der Waals surface area contributed by atoms with Gasteiger partial charge < -0.3 is 10.5 Å². The van der Waals surface area contributed by atoms with Crippen molar-refractivity contribution in [3.05, 3.63) is 47.5 Å². The van der Waals surface area contributed by atoms with Crippen molar-refractivity contribution in [3.63, 3.8) is 0 Å². The van der Waals surface area contributed by atoms with Crippen LogP contribution < -0.4 is 10.5 Å². The zero-order valence-corrected chi connectivity index (χ0v) is 9.66. The predicted molar refractivity (Wildman–Crippen MR) is 67.9 cm³/mol. The molecule has 0 radical (unpaired) electrons. The van der Waals surface area contributed by atoms with Gasteiger partial charge in [0.25, 0.3) is 0 Å². The molecule has 0 aliphatic carbocycles. The summed E-state index contributed by atoms with van der Waals surface area (Å²) in [5.74, 6) is 0.748. The molecule has 0 fully saturated rings. The lowest BCUT2D eigenvalue weighted by Crippen LogP contribution is -1.90. The van der Waals surface area contributed by atoms with Crippen LogP contribution in [-0.2, 0) is 0 Å². The van der Waals surface area contributed by atoms with Crippen molar-refractivity contribution >= 4 is 17.3 Å². The molecule has 0 heterocycles. The van der Waals surface area contributed by atoms with E-state index in [1.807, 2.05) is 42.5 Å². The summed E-state index contributed by atoms with van der Waals surface area (Å²) in [6.07, 6.45) is 0. The molecule has 0 bridgehead atoms. The lowest BCUT2D eigenvalue weighted by molar-refractivity contribution is 0.416. The Morgan fingerprint density at radius 3 is 2.56 bits per heavy atom. The summed E-state index contributed by atoms with van der Waals surface area (Å²) >= 11 is 6.17. The zero-order chi connectivity index (χ0) is 11.5. The SMILES string of the molecule is COc1cccc(Cl)c1-c1cccc(N)c1. The smallest absolute Gasteiger partial charge is 0.128 e. The minimum atomic E-state index is 0.657. The molecule has 2 aromatic rings. The molecular weight excluding hydrogens is 222 g/mol. The van der Waals surface area contributed by atoms with Crippen molar-refractivity contribution in [2.45, 2.75) is 0 Å². The molecular formula is C13H12ClNO. The summed E-state index contributed by atoms with van der Waals surface area (Å²) in [7, 11) is 1.63. The van der Waals surface area contributed by atoms with Crippen LogP contribution in [0.4, 0.5) is 5.69 Å². The number of hydrogen-bond acceptors (Lipinski definition) is 2. The van der Waals surface area contributed by atoms with E-state index in [0.29, 0.717) is 10.7 Å². The number of rotatable bonds is 2. The third-order valence-corrected chi connectivity index (χ3v) is 2.69. The van der Waals surface area contributed by atoms with Crippen molar-refractivity contribution < 1.29 is 4.74 Å². The van der Waals surface area contributed by atoms with Gasteiger partial charge in [-0.1, -0.05) is 29.8 Å². The number of halogens is 1. The Morgan fingerprint density at radius 2 is 1.88 bits per heavy atom. The van der Waals surface area contributed by atoms with Crippen molar-refractivity contribution in [1.29, 1.82) is 0 Å². The molecule has 0 saturated heterocycles. The Morgan fingerprint density at radius 1 is 1.12 bits per heavy atom. The van der Waals surface area contributed by atoms with Gasteiger partial charge in [-0.2, -0.15) is 0 Å². The van der Waals surface area contributed by atoms with Crippen LogP contribution in [0.15, 0.2) is 42.5 Å². The maximum atomic E-state index is 6.17. The maximum Gasteiger partial charge on any atom is 0.128 e. The highest BCUT2D eigenvalue weighted by Gasteiger charge is 2.09. The van der Waals surface area contributed by atoms with Gasteiger partial charge >= 0.3 is 0 Å². The van der Waals surface area contributed by atoms with Crippen molar-refractivity contribution in [2.75, 3.05) is 12.8 Å². The second kappa shape index (κ2) is 4.45. The van der Waals surface area contributed by atoms with Crippen LogP contribution in [0, 0.1) is 0 Å². The number of nitrogen functional groups attached to an aromatic ring is 1. The fourth-order valence-electron chi connectivity index (χ4n) is 1.65. The lowest BCUT2D eigenvalue weighted by atomic mass is 10.0. The van der Waals surface area contributed by atoms with Crippen molar-refractivity contribution in [1.82, 2.24) is 0 Å². The second-order valence-corrected chi connectivity index (χ2v) is 3.85. The van der Waals surface area contributed by atoms with Gasteiger partial charge in [-0.05, 0) is 29.8 Å². The number of anilines is 1. The first-order valence-electron chi connectivity index (χ1n) is 4.91. The molecule has 0 spiro atoms. The Kier molecular flexibility index (Phi) is 3.02. The highest BCUT2D eigenvalue weighted by atomic mass is 35.5. The van der Waals surface area contributed by atoms with Gasteiger partial charge in [-0.3, -0.25) is 0 Å². The van der Waals surface area contributed by atoms with Crippen LogP contribution in [0.1, 0.15) is 0 Å². The van der Waals surface area contributed by atoms with E-state index in [0.717, 1.165) is 16.9 Å². The molecule has 3 heteroatoms. The van der Waals surface area contributed by atoms with Crippen LogP contribution in [0.25, 0.3) is 11.1 Å². The summed E-state index contributed by atoms with van der Waals surface area (Å²) in [6.45, 7) is 0. The van der Waals surface area contributed by atoms with Gasteiger partial charge in [-0.25, -0.2) is 0 Å². The number of nitrogens with two attached hydrogens (primary N) is 1. The average Bonchev–Trinajstić information content (AvgIpc) is 2.28. The molecule has 82 valence electrons. The minimum Gasteiger partial charge on any atom is -0.496 e. The van der Waals surface area contributed by atoms with Crippen molar-refractivity contribution in [2.24, 2.45) is 0 Å². The molecule has 2 aromatic carbocycles. The molecule has 0 aromatic heterocycles. The molecule has 2 rings (SSSR count). The van der Waals surface area contributed by atoms with Crippen LogP contribution >= 0.6 is 11.6 Å². The van der Waals surface area contributed by atoms with Gasteiger partial charge in [0.15, 0.2) is 0 Å². The standard InChI is InChI=1S/C13H12ClNO/c1-16-12-7-3-6-11(14)13(12)9-4-2-5-10(15)8-9/h2-8H,15H2,1H3. The first kappa shape index (κ1) is 10.8. The van der Waals surface area contributed by atoms with Gasteiger partial charge in [0.2, 0.25) is 0 Å². The second-order valence-electron chi connectivity index (χ2n) is 3.44. The topological polar surface area (TPSA) is 35.2 Å². The number of hydrogen-bond donors (Lipinski definition) is 1. The van der Waals surface area contributed by atoms with E-state index in [9.17, 15) is 0 Å². The highest BCUT2D eigenvalue weighted by Crippen LogP contribution is 2.36. The molecule has 0 aliphatic rings. The average molecular weight is 234 g/mol. The Labute approximate surface area is 99.6 Å². The van der Waals surface area contributed by atoms with Crippen LogP contribution in [0.5, 0.6) is 5.75 Å². The normalized spacial score (nSPS) is 10.1. The molecule has 0 aliphatic heterocycles. The third kappa shape index (κ3) is 1.97. The minimum absolute atomic E-state index is 0.657. The largest absolute Gasteiger partial charge is 0.496 e. The quantitative estimate of drug-likeness (QED) is 0.805. The Hall–Kier alpha value is -1.67. The monoisotopic (exact) mass is 233 g/mol. The molecule has 0 amide bonds. The van der Waals surface area contributed by atoms with E-state index in [1.165, 1.54) is 0 Å². The lowest BCUT2D eigenvalue weighted by Gasteiger charge is -2.10. The fourth-order valence-corrected chi connectivity index (χ4v) is 1.92. The van der Waals surface area contributed by atoms with E-state index in [2.05, 4.69) is 0 Å². The number of benzene rings is 2. The van der Waals surface area contributed by atoms with Gasteiger partial charge in [0, 0.05) is 11.3 Å². The van der Waals surface area contributed by atoms with Crippen LogP contribution in [0.2, 0.25) is 5.02 Å². The van der Waals surface area contributed by atoms with Gasteiger partial charge in [0.05, 0.1) is 12.1 Å². The van der Waals surface area contributed by atoms with E-state index in [1.54, 1.807) is 7.11 Å². The van der Waals surface area contributed by atoms with E-state index >= 15 is 0 Å². The zero-order valence-electron chi connectivity index (χ0n) is 8.91. The Bertz CT molecular complexity index is 511. The van der Waals surface area contributed by atoms with E-state index in [-0.39, 0.29) is 0 Å². The molecule has 0 unspecified atom stereocenters. The maximum absolute atomic E-state index is 6.17. The molecule has 0 atom stereocenters. The molecule has 2 nitrogen and oxygen atoms in total. The summed E-state index contributed by atoms with van der Waals surface area (Å²) < 4.78 is 5.30.